The van der Waals surface area contributed by atoms with Crippen LogP contribution in [0.5, 0.6) is 0 Å². The van der Waals surface area contributed by atoms with E-state index in [1.807, 2.05) is 20.8 Å². The number of esters is 1. The number of ether oxygens (including phenoxy) is 2. The van der Waals surface area contributed by atoms with Gasteiger partial charge < -0.3 is 14.8 Å². The average molecular weight is 261 g/mol. The van der Waals surface area contributed by atoms with E-state index in [0.29, 0.717) is 6.42 Å². The number of rotatable bonds is 4. The summed E-state index contributed by atoms with van der Waals surface area (Å²) in [4.78, 5) is 22.4. The van der Waals surface area contributed by atoms with E-state index in [1.165, 1.54) is 7.11 Å². The Balaban J connectivity index is 0. The van der Waals surface area contributed by atoms with Crippen LogP contribution in [0.15, 0.2) is 0 Å². The lowest BCUT2D eigenvalue weighted by atomic mass is 10.1. The highest BCUT2D eigenvalue weighted by atomic mass is 16.6. The zero-order valence-corrected chi connectivity index (χ0v) is 12.6. The molecule has 1 amide bonds. The maximum absolute atomic E-state index is 11.4. The van der Waals surface area contributed by atoms with Crippen LogP contribution in [0, 0.1) is 0 Å². The molecule has 5 heteroatoms. The first-order valence-electron chi connectivity index (χ1n) is 6.34. The number of alkyl carbamates (subject to hydrolysis) is 1. The van der Waals surface area contributed by atoms with Crippen LogP contribution in [0.25, 0.3) is 0 Å². The molecule has 1 atom stereocenters. The van der Waals surface area contributed by atoms with Gasteiger partial charge in [-0.05, 0) is 27.2 Å². The van der Waals surface area contributed by atoms with Crippen molar-refractivity contribution in [1.29, 1.82) is 0 Å². The number of hydrogen-bond donors (Lipinski definition) is 1. The van der Waals surface area contributed by atoms with Crippen molar-refractivity contribution < 1.29 is 19.1 Å². The maximum Gasteiger partial charge on any atom is 0.407 e. The highest BCUT2D eigenvalue weighted by Crippen LogP contribution is 2.08. The minimum atomic E-state index is -0.534. The average Bonchev–Trinajstić information content (AvgIpc) is 2.28. The van der Waals surface area contributed by atoms with Crippen molar-refractivity contribution in [2.45, 2.75) is 66.0 Å². The van der Waals surface area contributed by atoms with Crippen LogP contribution in [-0.2, 0) is 14.3 Å². The summed E-state index contributed by atoms with van der Waals surface area (Å²) in [5.74, 6) is -0.345. The van der Waals surface area contributed by atoms with Crippen molar-refractivity contribution >= 4 is 12.1 Å². The van der Waals surface area contributed by atoms with Gasteiger partial charge in [0.05, 0.1) is 13.5 Å². The molecule has 0 heterocycles. The first kappa shape index (κ1) is 19.1. The molecule has 0 aliphatic heterocycles. The van der Waals surface area contributed by atoms with E-state index in [9.17, 15) is 9.59 Å². The number of amides is 1. The van der Waals surface area contributed by atoms with Crippen LogP contribution in [0.3, 0.4) is 0 Å². The third-order valence-electron chi connectivity index (χ3n) is 1.85. The smallest absolute Gasteiger partial charge is 0.407 e. The second-order valence-electron chi connectivity index (χ2n) is 4.53. The Hall–Kier alpha value is -1.26. The fraction of sp³-hybridized carbons (Fsp3) is 0.846. The van der Waals surface area contributed by atoms with Gasteiger partial charge in [0.15, 0.2) is 0 Å². The highest BCUT2D eigenvalue weighted by Gasteiger charge is 2.20. The second-order valence-corrected chi connectivity index (χ2v) is 4.53. The van der Waals surface area contributed by atoms with Crippen molar-refractivity contribution in [3.05, 3.63) is 0 Å². The van der Waals surface area contributed by atoms with E-state index in [2.05, 4.69) is 10.1 Å². The SMILES string of the molecule is CC.CC[C@@H](CC(=O)OC)NC(=O)OC(C)(C)C. The van der Waals surface area contributed by atoms with Gasteiger partial charge >= 0.3 is 12.1 Å². The molecular formula is C13H27NO4. The number of hydrogen-bond acceptors (Lipinski definition) is 4. The number of nitrogens with one attached hydrogen (secondary N) is 1. The van der Waals surface area contributed by atoms with E-state index >= 15 is 0 Å². The third-order valence-corrected chi connectivity index (χ3v) is 1.85. The fourth-order valence-corrected chi connectivity index (χ4v) is 1.06. The van der Waals surface area contributed by atoms with Crippen molar-refractivity contribution in [2.75, 3.05) is 7.11 Å². The molecule has 0 aromatic rings. The molecule has 0 aromatic heterocycles. The molecular weight excluding hydrogens is 234 g/mol. The van der Waals surface area contributed by atoms with Gasteiger partial charge in [-0.2, -0.15) is 0 Å². The lowest BCUT2D eigenvalue weighted by Crippen LogP contribution is -2.40. The summed E-state index contributed by atoms with van der Waals surface area (Å²) in [6, 6.07) is -0.248. The van der Waals surface area contributed by atoms with E-state index in [0.717, 1.165) is 0 Å². The van der Waals surface area contributed by atoms with Gasteiger partial charge in [-0.15, -0.1) is 0 Å². The number of methoxy groups -OCH3 is 1. The standard InChI is InChI=1S/C11H21NO4.C2H6/c1-6-8(7-9(13)15-5)12-10(14)16-11(2,3)4;1-2/h8H,6-7H2,1-5H3,(H,12,14);1-2H3/t8-;/m0./s1. The Morgan fingerprint density at radius 2 is 1.72 bits per heavy atom. The van der Waals surface area contributed by atoms with Gasteiger partial charge in [0.1, 0.15) is 5.60 Å². The Morgan fingerprint density at radius 1 is 1.22 bits per heavy atom. The second kappa shape index (κ2) is 9.74. The van der Waals surface area contributed by atoms with Gasteiger partial charge in [0.25, 0.3) is 0 Å². The molecule has 1 N–H and O–H groups in total. The van der Waals surface area contributed by atoms with Crippen LogP contribution < -0.4 is 5.32 Å². The summed E-state index contributed by atoms with van der Waals surface area (Å²) in [6.45, 7) is 11.2. The summed E-state index contributed by atoms with van der Waals surface area (Å²) >= 11 is 0. The first-order valence-corrected chi connectivity index (χ1v) is 6.34. The summed E-state index contributed by atoms with van der Waals surface area (Å²) < 4.78 is 9.62. The van der Waals surface area contributed by atoms with Crippen LogP contribution in [0.2, 0.25) is 0 Å². The molecule has 108 valence electrons. The van der Waals surface area contributed by atoms with Gasteiger partial charge in [-0.1, -0.05) is 20.8 Å². The predicted molar refractivity (Wildman–Crippen MR) is 71.4 cm³/mol. The quantitative estimate of drug-likeness (QED) is 0.790. The van der Waals surface area contributed by atoms with E-state index in [-0.39, 0.29) is 18.4 Å². The van der Waals surface area contributed by atoms with Gasteiger partial charge in [0.2, 0.25) is 0 Å². The Labute approximate surface area is 110 Å². The van der Waals surface area contributed by atoms with E-state index < -0.39 is 11.7 Å². The summed E-state index contributed by atoms with van der Waals surface area (Å²) in [6.07, 6.45) is 0.295. The molecule has 0 aromatic carbocycles. The normalized spacial score (nSPS) is 11.7. The molecule has 0 saturated carbocycles. The molecule has 0 rings (SSSR count). The molecule has 0 aliphatic carbocycles. The Bertz CT molecular complexity index is 246. The first-order chi connectivity index (χ1) is 8.28. The molecule has 18 heavy (non-hydrogen) atoms. The third kappa shape index (κ3) is 11.2. The van der Waals surface area contributed by atoms with Crippen LogP contribution >= 0.6 is 0 Å². The molecule has 0 fully saturated rings. The van der Waals surface area contributed by atoms with Gasteiger partial charge in [0, 0.05) is 6.04 Å². The summed E-state index contributed by atoms with van der Waals surface area (Å²) in [7, 11) is 1.32. The molecule has 0 spiro atoms. The lowest BCUT2D eigenvalue weighted by Gasteiger charge is -2.22. The largest absolute Gasteiger partial charge is 0.469 e. The topological polar surface area (TPSA) is 64.6 Å². The van der Waals surface area contributed by atoms with E-state index in [1.54, 1.807) is 20.8 Å². The molecule has 0 radical (unpaired) electrons. The summed E-state index contributed by atoms with van der Waals surface area (Å²) in [5, 5.41) is 2.63. The van der Waals surface area contributed by atoms with Gasteiger partial charge in [-0.3, -0.25) is 4.79 Å². The molecule has 0 aliphatic rings. The highest BCUT2D eigenvalue weighted by molar-refractivity contribution is 5.72. The summed E-state index contributed by atoms with van der Waals surface area (Å²) in [5.41, 5.74) is -0.534. The van der Waals surface area contributed by atoms with Gasteiger partial charge in [-0.25, -0.2) is 4.79 Å². The molecule has 0 bridgehead atoms. The zero-order valence-electron chi connectivity index (χ0n) is 12.6. The van der Waals surface area contributed by atoms with Crippen LogP contribution in [0.1, 0.15) is 54.4 Å². The number of carbonyl (C=O) groups is 2. The Morgan fingerprint density at radius 3 is 2.06 bits per heavy atom. The monoisotopic (exact) mass is 261 g/mol. The number of carbonyl (C=O) groups excluding carboxylic acids is 2. The Kier molecular flexibility index (Phi) is 10.3. The molecule has 0 saturated heterocycles. The van der Waals surface area contributed by atoms with Crippen molar-refractivity contribution in [1.82, 2.24) is 5.32 Å². The van der Waals surface area contributed by atoms with Crippen LogP contribution in [0.4, 0.5) is 4.79 Å². The lowest BCUT2D eigenvalue weighted by molar-refractivity contribution is -0.141. The van der Waals surface area contributed by atoms with E-state index in [4.69, 9.17) is 4.74 Å². The van der Waals surface area contributed by atoms with Crippen molar-refractivity contribution in [3.63, 3.8) is 0 Å². The maximum atomic E-state index is 11.4. The minimum Gasteiger partial charge on any atom is -0.469 e. The van der Waals surface area contributed by atoms with Crippen molar-refractivity contribution in [2.24, 2.45) is 0 Å². The van der Waals surface area contributed by atoms with Crippen LogP contribution in [-0.4, -0.2) is 30.8 Å². The molecule has 0 unspecified atom stereocenters. The zero-order chi connectivity index (χ0) is 14.8. The minimum absolute atomic E-state index is 0.159. The van der Waals surface area contributed by atoms with Crippen molar-refractivity contribution in [3.8, 4) is 0 Å². The molecule has 5 nitrogen and oxygen atoms in total. The fourth-order valence-electron chi connectivity index (χ4n) is 1.06. The predicted octanol–water partition coefficient (Wildman–Crippen LogP) is 2.88.